The maximum atomic E-state index is 10.3. The van der Waals surface area contributed by atoms with Gasteiger partial charge < -0.3 is 10.2 Å². The number of aromatic hydroxyl groups is 1. The van der Waals surface area contributed by atoms with Crippen molar-refractivity contribution >= 4 is 5.97 Å². The summed E-state index contributed by atoms with van der Waals surface area (Å²) in [7, 11) is 0. The smallest absolute Gasteiger partial charge is 0.339 e. The minimum atomic E-state index is -1.11. The van der Waals surface area contributed by atoms with Gasteiger partial charge in [-0.2, -0.15) is 0 Å². The van der Waals surface area contributed by atoms with Crippen molar-refractivity contribution in [1.82, 2.24) is 9.97 Å². The SMILES string of the molecule is O=C(O)c1ccccc1O.c1cncnc1. The van der Waals surface area contributed by atoms with Crippen molar-refractivity contribution in [1.29, 1.82) is 0 Å². The molecule has 1 heterocycles. The second-order valence-corrected chi connectivity index (χ2v) is 2.73. The zero-order valence-corrected chi connectivity index (χ0v) is 8.32. The number of hydrogen-bond donors (Lipinski definition) is 2. The Morgan fingerprint density at radius 2 is 1.69 bits per heavy atom. The molecule has 2 N–H and O–H groups in total. The van der Waals surface area contributed by atoms with Crippen LogP contribution in [0.5, 0.6) is 5.75 Å². The molecule has 0 amide bonds. The molecule has 0 unspecified atom stereocenters. The average molecular weight is 218 g/mol. The lowest BCUT2D eigenvalue weighted by Crippen LogP contribution is -1.95. The number of carboxylic acids is 1. The molecule has 82 valence electrons. The van der Waals surface area contributed by atoms with E-state index in [0.717, 1.165) is 0 Å². The predicted molar refractivity (Wildman–Crippen MR) is 57.1 cm³/mol. The summed E-state index contributed by atoms with van der Waals surface area (Å²) in [5.41, 5.74) is -0.0671. The number of carbonyl (C=O) groups is 1. The van der Waals surface area contributed by atoms with Gasteiger partial charge in [-0.15, -0.1) is 0 Å². The van der Waals surface area contributed by atoms with E-state index in [1.807, 2.05) is 0 Å². The summed E-state index contributed by atoms with van der Waals surface area (Å²) in [4.78, 5) is 17.6. The van der Waals surface area contributed by atoms with Gasteiger partial charge in [0.25, 0.3) is 0 Å². The van der Waals surface area contributed by atoms with E-state index in [4.69, 9.17) is 10.2 Å². The van der Waals surface area contributed by atoms with Gasteiger partial charge in [0.15, 0.2) is 0 Å². The first-order chi connectivity index (χ1) is 7.72. The van der Waals surface area contributed by atoms with Crippen LogP contribution in [0.15, 0.2) is 49.1 Å². The van der Waals surface area contributed by atoms with E-state index in [2.05, 4.69) is 9.97 Å². The molecule has 0 spiro atoms. The molecular formula is C11H10N2O3. The first-order valence-corrected chi connectivity index (χ1v) is 4.43. The summed E-state index contributed by atoms with van der Waals surface area (Å²) in [5.74, 6) is -1.31. The molecule has 2 rings (SSSR count). The van der Waals surface area contributed by atoms with Crippen molar-refractivity contribution < 1.29 is 15.0 Å². The Hall–Kier alpha value is -2.43. The summed E-state index contributed by atoms with van der Waals surface area (Å²) in [6.07, 6.45) is 4.88. The number of nitrogens with zero attached hydrogens (tertiary/aromatic N) is 2. The quantitative estimate of drug-likeness (QED) is 0.759. The zero-order valence-electron chi connectivity index (χ0n) is 8.32. The molecule has 0 bridgehead atoms. The lowest BCUT2D eigenvalue weighted by atomic mass is 10.2. The molecule has 0 fully saturated rings. The van der Waals surface area contributed by atoms with Gasteiger partial charge in [-0.05, 0) is 18.2 Å². The molecule has 0 atom stereocenters. The number of carboxylic acid groups (broad SMARTS) is 1. The van der Waals surface area contributed by atoms with Crippen molar-refractivity contribution in [3.63, 3.8) is 0 Å². The van der Waals surface area contributed by atoms with Crippen LogP contribution >= 0.6 is 0 Å². The number of aromatic carboxylic acids is 1. The average Bonchev–Trinajstić information content (AvgIpc) is 2.32. The number of rotatable bonds is 1. The van der Waals surface area contributed by atoms with Crippen LogP contribution in [0.3, 0.4) is 0 Å². The molecule has 16 heavy (non-hydrogen) atoms. The van der Waals surface area contributed by atoms with Crippen molar-refractivity contribution in [2.45, 2.75) is 0 Å². The summed E-state index contributed by atoms with van der Waals surface area (Å²) >= 11 is 0. The molecule has 0 aliphatic heterocycles. The van der Waals surface area contributed by atoms with E-state index in [1.165, 1.54) is 18.5 Å². The fourth-order valence-electron chi connectivity index (χ4n) is 0.908. The highest BCUT2D eigenvalue weighted by Crippen LogP contribution is 2.14. The summed E-state index contributed by atoms with van der Waals surface area (Å²) in [5, 5.41) is 17.3. The first kappa shape index (κ1) is 11.6. The van der Waals surface area contributed by atoms with E-state index < -0.39 is 5.97 Å². The lowest BCUT2D eigenvalue weighted by Gasteiger charge is -1.95. The third kappa shape index (κ3) is 3.75. The van der Waals surface area contributed by atoms with E-state index in [9.17, 15) is 4.79 Å². The molecule has 0 saturated carbocycles. The Bertz CT molecular complexity index is 419. The maximum absolute atomic E-state index is 10.3. The molecule has 0 saturated heterocycles. The van der Waals surface area contributed by atoms with Crippen molar-refractivity contribution in [2.24, 2.45) is 0 Å². The third-order valence-corrected chi connectivity index (χ3v) is 1.61. The maximum Gasteiger partial charge on any atom is 0.339 e. The Morgan fingerprint density at radius 1 is 1.06 bits per heavy atom. The standard InChI is InChI=1S/C7H6O3.C4H4N2/c8-6-4-2-1-3-5(6)7(9)10;1-2-5-4-6-3-1/h1-4,8H,(H,9,10);1-4H. The minimum absolute atomic E-state index is 0.0671. The number of phenols is 1. The molecule has 0 aliphatic carbocycles. The second kappa shape index (κ2) is 6.13. The van der Waals surface area contributed by atoms with Crippen LogP contribution in [-0.4, -0.2) is 26.2 Å². The highest BCUT2D eigenvalue weighted by Gasteiger charge is 2.05. The minimum Gasteiger partial charge on any atom is -0.507 e. The van der Waals surface area contributed by atoms with Crippen molar-refractivity contribution in [3.8, 4) is 5.75 Å². The van der Waals surface area contributed by atoms with Gasteiger partial charge >= 0.3 is 5.97 Å². The van der Waals surface area contributed by atoms with E-state index in [-0.39, 0.29) is 11.3 Å². The molecule has 2 aromatic rings. The van der Waals surface area contributed by atoms with Gasteiger partial charge in [0.05, 0.1) is 0 Å². The molecule has 0 aliphatic rings. The van der Waals surface area contributed by atoms with Crippen molar-refractivity contribution in [3.05, 3.63) is 54.6 Å². The highest BCUT2D eigenvalue weighted by molar-refractivity contribution is 5.90. The molecule has 5 heteroatoms. The molecular weight excluding hydrogens is 208 g/mol. The topological polar surface area (TPSA) is 83.3 Å². The van der Waals surface area contributed by atoms with Crippen LogP contribution in [0.25, 0.3) is 0 Å². The van der Waals surface area contributed by atoms with Crippen LogP contribution in [0.1, 0.15) is 10.4 Å². The second-order valence-electron chi connectivity index (χ2n) is 2.73. The Morgan fingerprint density at radius 3 is 2.00 bits per heavy atom. The van der Waals surface area contributed by atoms with Gasteiger partial charge in [-0.1, -0.05) is 12.1 Å². The van der Waals surface area contributed by atoms with E-state index in [1.54, 1.807) is 30.6 Å². The lowest BCUT2D eigenvalue weighted by molar-refractivity contribution is 0.0694. The largest absolute Gasteiger partial charge is 0.507 e. The van der Waals surface area contributed by atoms with Gasteiger partial charge in [-0.25, -0.2) is 14.8 Å². The Kier molecular flexibility index (Phi) is 4.46. The van der Waals surface area contributed by atoms with Crippen LogP contribution < -0.4 is 0 Å². The highest BCUT2D eigenvalue weighted by atomic mass is 16.4. The van der Waals surface area contributed by atoms with Crippen LogP contribution in [0, 0.1) is 0 Å². The van der Waals surface area contributed by atoms with Crippen molar-refractivity contribution in [2.75, 3.05) is 0 Å². The third-order valence-electron chi connectivity index (χ3n) is 1.61. The monoisotopic (exact) mass is 218 g/mol. The fraction of sp³-hybridized carbons (Fsp3) is 0. The predicted octanol–water partition coefficient (Wildman–Crippen LogP) is 1.57. The summed E-state index contributed by atoms with van der Waals surface area (Å²) < 4.78 is 0. The Balaban J connectivity index is 0.000000181. The summed E-state index contributed by atoms with van der Waals surface area (Å²) in [6, 6.07) is 7.59. The number of para-hydroxylation sites is 1. The van der Waals surface area contributed by atoms with E-state index >= 15 is 0 Å². The summed E-state index contributed by atoms with van der Waals surface area (Å²) in [6.45, 7) is 0. The first-order valence-electron chi connectivity index (χ1n) is 4.43. The Labute approximate surface area is 92.0 Å². The normalized spacial score (nSPS) is 8.75. The van der Waals surface area contributed by atoms with E-state index in [0.29, 0.717) is 0 Å². The fourth-order valence-corrected chi connectivity index (χ4v) is 0.908. The van der Waals surface area contributed by atoms with Crippen LogP contribution in [0.4, 0.5) is 0 Å². The van der Waals surface area contributed by atoms with Gasteiger partial charge in [0, 0.05) is 12.4 Å². The van der Waals surface area contributed by atoms with Gasteiger partial charge in [0.2, 0.25) is 0 Å². The number of benzene rings is 1. The molecule has 0 radical (unpaired) electrons. The molecule has 1 aromatic heterocycles. The van der Waals surface area contributed by atoms with Gasteiger partial charge in [0.1, 0.15) is 17.6 Å². The van der Waals surface area contributed by atoms with Crippen LogP contribution in [-0.2, 0) is 0 Å². The zero-order chi connectivity index (χ0) is 11.8. The number of aromatic nitrogens is 2. The van der Waals surface area contributed by atoms with Gasteiger partial charge in [-0.3, -0.25) is 0 Å². The van der Waals surface area contributed by atoms with Crippen LogP contribution in [0.2, 0.25) is 0 Å². The molecule has 5 nitrogen and oxygen atoms in total. The molecule has 1 aromatic carbocycles. The number of hydrogen-bond acceptors (Lipinski definition) is 4.